The third-order valence-corrected chi connectivity index (χ3v) is 5.01. The average Bonchev–Trinajstić information content (AvgIpc) is 3.15. The standard InChI is InChI=1S/C18H15F3O6S/c19-18(20,21)27-15-3-1-13(2-4-15)26-14-5-7-17(8-6-14)28(22,23)10-9-16-11-24-12-25-16/h1-10,16H,11-12H2/t16-/m0/s1. The van der Waals surface area contributed by atoms with Crippen LogP contribution in [0.5, 0.6) is 17.2 Å². The van der Waals surface area contributed by atoms with E-state index in [0.717, 1.165) is 17.5 Å². The molecule has 0 aliphatic carbocycles. The maximum Gasteiger partial charge on any atom is 0.573 e. The molecule has 0 saturated carbocycles. The Balaban J connectivity index is 1.64. The normalized spacial score (nSPS) is 17.8. The molecule has 1 atom stereocenters. The van der Waals surface area contributed by atoms with E-state index in [1.54, 1.807) is 0 Å². The zero-order valence-electron chi connectivity index (χ0n) is 14.3. The molecule has 10 heteroatoms. The van der Waals surface area contributed by atoms with Gasteiger partial charge in [-0.1, -0.05) is 0 Å². The summed E-state index contributed by atoms with van der Waals surface area (Å²) in [5, 5.41) is 1.06. The molecule has 0 N–H and O–H groups in total. The van der Waals surface area contributed by atoms with Gasteiger partial charge >= 0.3 is 6.36 Å². The number of halogens is 3. The monoisotopic (exact) mass is 416 g/mol. The fraction of sp³-hybridized carbons (Fsp3) is 0.222. The molecule has 0 radical (unpaired) electrons. The Morgan fingerprint density at radius 1 is 0.964 bits per heavy atom. The number of ether oxygens (including phenoxy) is 4. The van der Waals surface area contributed by atoms with E-state index in [9.17, 15) is 21.6 Å². The molecule has 2 aromatic carbocycles. The molecule has 0 spiro atoms. The molecular formula is C18H15F3O6S. The van der Waals surface area contributed by atoms with Crippen LogP contribution in [0.3, 0.4) is 0 Å². The van der Waals surface area contributed by atoms with Crippen molar-refractivity contribution in [3.05, 3.63) is 60.0 Å². The van der Waals surface area contributed by atoms with E-state index >= 15 is 0 Å². The molecule has 1 fully saturated rings. The van der Waals surface area contributed by atoms with Gasteiger partial charge in [0.2, 0.25) is 0 Å². The van der Waals surface area contributed by atoms with Crippen LogP contribution >= 0.6 is 0 Å². The molecule has 3 rings (SSSR count). The van der Waals surface area contributed by atoms with Crippen molar-refractivity contribution in [1.29, 1.82) is 0 Å². The molecule has 2 aromatic rings. The number of alkyl halides is 3. The number of hydrogen-bond donors (Lipinski definition) is 0. The van der Waals surface area contributed by atoms with Crippen molar-refractivity contribution in [3.8, 4) is 17.2 Å². The molecule has 0 unspecified atom stereocenters. The van der Waals surface area contributed by atoms with E-state index in [4.69, 9.17) is 14.2 Å². The van der Waals surface area contributed by atoms with Gasteiger partial charge in [-0.2, -0.15) is 0 Å². The van der Waals surface area contributed by atoms with E-state index in [1.807, 2.05) is 0 Å². The van der Waals surface area contributed by atoms with E-state index in [1.165, 1.54) is 42.5 Å². The quantitative estimate of drug-likeness (QED) is 0.708. The molecule has 150 valence electrons. The van der Waals surface area contributed by atoms with Crippen LogP contribution in [-0.4, -0.2) is 34.3 Å². The summed E-state index contributed by atoms with van der Waals surface area (Å²) in [6.07, 6.45) is -3.76. The average molecular weight is 416 g/mol. The van der Waals surface area contributed by atoms with Gasteiger partial charge in [-0.05, 0) is 54.6 Å². The Bertz CT molecular complexity index is 915. The minimum absolute atomic E-state index is 0.0592. The van der Waals surface area contributed by atoms with E-state index in [0.29, 0.717) is 12.4 Å². The first-order valence-electron chi connectivity index (χ1n) is 7.98. The van der Waals surface area contributed by atoms with Crippen LogP contribution in [-0.2, 0) is 19.3 Å². The lowest BCUT2D eigenvalue weighted by molar-refractivity contribution is -0.274. The summed E-state index contributed by atoms with van der Waals surface area (Å²) in [7, 11) is -3.66. The molecule has 1 aliphatic heterocycles. The van der Waals surface area contributed by atoms with Gasteiger partial charge in [0.15, 0.2) is 9.84 Å². The topological polar surface area (TPSA) is 71.1 Å². The predicted octanol–water partition coefficient (Wildman–Crippen LogP) is 4.04. The van der Waals surface area contributed by atoms with Crippen LogP contribution in [0, 0.1) is 0 Å². The highest BCUT2D eigenvalue weighted by Crippen LogP contribution is 2.28. The van der Waals surface area contributed by atoms with Crippen molar-refractivity contribution in [3.63, 3.8) is 0 Å². The Hall–Kier alpha value is -2.56. The highest BCUT2D eigenvalue weighted by molar-refractivity contribution is 7.94. The van der Waals surface area contributed by atoms with Crippen molar-refractivity contribution in [2.75, 3.05) is 13.4 Å². The van der Waals surface area contributed by atoms with Crippen LogP contribution in [0.4, 0.5) is 13.2 Å². The van der Waals surface area contributed by atoms with E-state index in [-0.39, 0.29) is 23.2 Å². The van der Waals surface area contributed by atoms with Crippen LogP contribution in [0.2, 0.25) is 0 Å². The third-order valence-electron chi connectivity index (χ3n) is 3.57. The maximum atomic E-state index is 12.3. The van der Waals surface area contributed by atoms with Crippen LogP contribution in [0.15, 0.2) is 64.9 Å². The number of benzene rings is 2. The molecule has 0 amide bonds. The smallest absolute Gasteiger partial charge is 0.457 e. The highest BCUT2D eigenvalue weighted by atomic mass is 32.2. The molecule has 1 aliphatic rings. The molecule has 28 heavy (non-hydrogen) atoms. The molecule has 1 heterocycles. The summed E-state index contributed by atoms with van der Waals surface area (Å²) in [6.45, 7) is 0.427. The fourth-order valence-corrected chi connectivity index (χ4v) is 3.33. The Labute approximate surface area is 159 Å². The molecule has 6 nitrogen and oxygen atoms in total. The minimum Gasteiger partial charge on any atom is -0.457 e. The summed E-state index contributed by atoms with van der Waals surface area (Å²) >= 11 is 0. The summed E-state index contributed by atoms with van der Waals surface area (Å²) < 4.78 is 80.4. The molecule has 0 bridgehead atoms. The first kappa shape index (κ1) is 20.2. The van der Waals surface area contributed by atoms with Gasteiger partial charge in [0, 0.05) is 5.41 Å². The number of rotatable bonds is 6. The summed E-state index contributed by atoms with van der Waals surface area (Å²) in [4.78, 5) is 0.0592. The van der Waals surface area contributed by atoms with Gasteiger partial charge in [0.1, 0.15) is 30.1 Å². The lowest BCUT2D eigenvalue weighted by atomic mass is 10.3. The zero-order chi connectivity index (χ0) is 20.2. The van der Waals surface area contributed by atoms with Gasteiger partial charge in [-0.3, -0.25) is 0 Å². The largest absolute Gasteiger partial charge is 0.573 e. The van der Waals surface area contributed by atoms with E-state index < -0.39 is 22.3 Å². The van der Waals surface area contributed by atoms with Gasteiger partial charge in [-0.25, -0.2) is 8.42 Å². The maximum absolute atomic E-state index is 12.3. The van der Waals surface area contributed by atoms with Crippen molar-refractivity contribution < 1.29 is 40.5 Å². The van der Waals surface area contributed by atoms with Crippen LogP contribution < -0.4 is 9.47 Å². The van der Waals surface area contributed by atoms with Gasteiger partial charge in [-0.15, -0.1) is 13.2 Å². The second-order valence-corrected chi connectivity index (χ2v) is 7.49. The highest BCUT2D eigenvalue weighted by Gasteiger charge is 2.31. The van der Waals surface area contributed by atoms with Crippen molar-refractivity contribution >= 4 is 9.84 Å². The second kappa shape index (κ2) is 8.21. The number of hydrogen-bond acceptors (Lipinski definition) is 6. The Morgan fingerprint density at radius 2 is 1.54 bits per heavy atom. The van der Waals surface area contributed by atoms with Gasteiger partial charge in [0.25, 0.3) is 0 Å². The Morgan fingerprint density at radius 3 is 2.07 bits per heavy atom. The zero-order valence-corrected chi connectivity index (χ0v) is 15.1. The first-order valence-corrected chi connectivity index (χ1v) is 9.52. The fourth-order valence-electron chi connectivity index (χ4n) is 2.27. The lowest BCUT2D eigenvalue weighted by Crippen LogP contribution is -2.16. The predicted molar refractivity (Wildman–Crippen MR) is 91.7 cm³/mol. The van der Waals surface area contributed by atoms with E-state index in [2.05, 4.69) is 4.74 Å². The minimum atomic E-state index is -4.77. The summed E-state index contributed by atoms with van der Waals surface area (Å²) in [6, 6.07) is 10.4. The summed E-state index contributed by atoms with van der Waals surface area (Å²) in [5.74, 6) is 0.216. The summed E-state index contributed by atoms with van der Waals surface area (Å²) in [5.41, 5.74) is 0. The molecule has 1 saturated heterocycles. The Kier molecular flexibility index (Phi) is 5.92. The SMILES string of the molecule is O=S(=O)(C=C[C@H]1COCO1)c1ccc(Oc2ccc(OC(F)(F)F)cc2)cc1. The van der Waals surface area contributed by atoms with Gasteiger partial charge < -0.3 is 18.9 Å². The lowest BCUT2D eigenvalue weighted by Gasteiger charge is -2.10. The van der Waals surface area contributed by atoms with Crippen LogP contribution in [0.25, 0.3) is 0 Å². The third kappa shape index (κ3) is 5.72. The van der Waals surface area contributed by atoms with Crippen molar-refractivity contribution in [2.24, 2.45) is 0 Å². The van der Waals surface area contributed by atoms with Crippen LogP contribution in [0.1, 0.15) is 0 Å². The molecule has 0 aromatic heterocycles. The first-order chi connectivity index (χ1) is 13.2. The van der Waals surface area contributed by atoms with Crippen molar-refractivity contribution in [2.45, 2.75) is 17.4 Å². The second-order valence-electron chi connectivity index (χ2n) is 5.66. The molecular weight excluding hydrogens is 401 g/mol. The number of sulfone groups is 1. The van der Waals surface area contributed by atoms with Crippen molar-refractivity contribution in [1.82, 2.24) is 0 Å². The van der Waals surface area contributed by atoms with Gasteiger partial charge in [0.05, 0.1) is 11.5 Å².